The number of unbranched alkanes of at least 4 members (excludes halogenated alkanes) is 14. The van der Waals surface area contributed by atoms with Crippen LogP contribution in [0.25, 0.3) is 0 Å². The summed E-state index contributed by atoms with van der Waals surface area (Å²) in [4.78, 5) is 33.5. The maximum Gasteiger partial charge on any atom is 0.472 e. The average Bonchev–Trinajstić information content (AvgIpc) is 3.18. The van der Waals surface area contributed by atoms with Crippen molar-refractivity contribution in [2.24, 2.45) is 5.73 Å². The molecule has 0 radical (unpaired) electrons. The molecule has 0 aromatic carbocycles. The molecule has 0 saturated carbocycles. The Morgan fingerprint density at radius 2 is 1.04 bits per heavy atom. The molecule has 0 rings (SSSR count). The van der Waals surface area contributed by atoms with Gasteiger partial charge in [0.2, 0.25) is 0 Å². The van der Waals surface area contributed by atoms with Crippen LogP contribution in [0.4, 0.5) is 0 Å². The first-order valence-electron chi connectivity index (χ1n) is 21.5. The Balaban J connectivity index is 4.33. The Morgan fingerprint density at radius 1 is 0.589 bits per heavy atom. The zero-order valence-corrected chi connectivity index (χ0v) is 35.8. The number of hydrogen-bond donors (Lipinski definition) is 3. The van der Waals surface area contributed by atoms with E-state index in [-0.39, 0.29) is 13.0 Å². The number of phosphoric ester groups is 1. The SMILES string of the molecule is CC/C=C\C/C=C\C/C=C\C/C=C\CCCCCCC(=O)OC(COCCCCCCCC/C=C\C/C=C\CCCCCC)COP(=O)(O)OCC(N)C(=O)O. The number of allylic oxidation sites excluding steroid dienone is 12. The summed E-state index contributed by atoms with van der Waals surface area (Å²) in [6.07, 6.45) is 49.5. The molecule has 0 spiro atoms. The molecular formula is C45H78NO9P. The van der Waals surface area contributed by atoms with E-state index in [0.29, 0.717) is 13.0 Å². The van der Waals surface area contributed by atoms with Crippen LogP contribution in [0, 0.1) is 0 Å². The van der Waals surface area contributed by atoms with E-state index in [0.717, 1.165) is 83.5 Å². The maximum atomic E-state index is 12.6. The second-order valence-electron chi connectivity index (χ2n) is 14.1. The van der Waals surface area contributed by atoms with Gasteiger partial charge in [-0.2, -0.15) is 0 Å². The van der Waals surface area contributed by atoms with E-state index in [1.165, 1.54) is 51.4 Å². The van der Waals surface area contributed by atoms with Crippen molar-refractivity contribution < 1.29 is 42.7 Å². The Hall–Kier alpha value is -2.59. The molecule has 0 heterocycles. The second-order valence-corrected chi connectivity index (χ2v) is 15.5. The lowest BCUT2D eigenvalue weighted by Crippen LogP contribution is -2.34. The molecule has 0 fully saturated rings. The summed E-state index contributed by atoms with van der Waals surface area (Å²) in [5.41, 5.74) is 5.35. The highest BCUT2D eigenvalue weighted by molar-refractivity contribution is 7.47. The van der Waals surface area contributed by atoms with Crippen LogP contribution in [0.3, 0.4) is 0 Å². The van der Waals surface area contributed by atoms with Gasteiger partial charge < -0.3 is 25.2 Å². The summed E-state index contributed by atoms with van der Waals surface area (Å²) in [6.45, 7) is 3.68. The second kappa shape index (κ2) is 40.6. The average molecular weight is 808 g/mol. The standard InChI is InChI=1S/C45H78NO9P/c1-3-5-7-9-11-13-15-17-19-21-23-25-27-29-31-33-35-37-44(47)55-42(40-53-56(50,51)54-41-43(46)45(48)49)39-52-38-36-34-32-30-28-26-24-22-20-18-16-14-12-10-8-6-4-2/h5,7,11,13-14,16-17,19-20,22-23,25,42-43H,3-4,6,8-10,12,15,18,21,24,26-41,46H2,1-2H3,(H,48,49)(H,50,51)/b7-5-,13-11-,16-14-,19-17-,22-20-,25-23-. The molecular weight excluding hydrogens is 729 g/mol. The molecule has 4 N–H and O–H groups in total. The molecule has 11 heteroatoms. The molecule has 0 aromatic heterocycles. The number of hydrogen-bond acceptors (Lipinski definition) is 8. The van der Waals surface area contributed by atoms with Gasteiger partial charge in [-0.1, -0.05) is 145 Å². The minimum Gasteiger partial charge on any atom is -0.480 e. The van der Waals surface area contributed by atoms with E-state index in [2.05, 4.69) is 86.8 Å². The van der Waals surface area contributed by atoms with Gasteiger partial charge in [0.05, 0.1) is 19.8 Å². The third-order valence-corrected chi connectivity index (χ3v) is 9.67. The predicted molar refractivity (Wildman–Crippen MR) is 230 cm³/mol. The summed E-state index contributed by atoms with van der Waals surface area (Å²) in [7, 11) is -4.63. The Bertz CT molecular complexity index is 1160. The van der Waals surface area contributed by atoms with Crippen LogP contribution in [0.2, 0.25) is 0 Å². The van der Waals surface area contributed by atoms with E-state index in [1.54, 1.807) is 0 Å². The molecule has 0 aromatic rings. The van der Waals surface area contributed by atoms with Gasteiger partial charge in [-0.25, -0.2) is 4.57 Å². The van der Waals surface area contributed by atoms with E-state index >= 15 is 0 Å². The van der Waals surface area contributed by atoms with Crippen molar-refractivity contribution in [2.75, 3.05) is 26.4 Å². The first-order valence-corrected chi connectivity index (χ1v) is 23.0. The topological polar surface area (TPSA) is 155 Å². The lowest BCUT2D eigenvalue weighted by molar-refractivity contribution is -0.154. The zero-order valence-electron chi connectivity index (χ0n) is 35.0. The molecule has 322 valence electrons. The molecule has 0 aliphatic heterocycles. The fraction of sp³-hybridized carbons (Fsp3) is 0.689. The number of carbonyl (C=O) groups excluding carboxylic acids is 1. The van der Waals surface area contributed by atoms with Crippen molar-refractivity contribution in [2.45, 2.75) is 174 Å². The molecule has 0 saturated heterocycles. The van der Waals surface area contributed by atoms with Crippen molar-refractivity contribution in [1.82, 2.24) is 0 Å². The first-order chi connectivity index (χ1) is 27.2. The monoisotopic (exact) mass is 808 g/mol. The van der Waals surface area contributed by atoms with Crippen LogP contribution in [0.5, 0.6) is 0 Å². The molecule has 0 aliphatic carbocycles. The summed E-state index contributed by atoms with van der Waals surface area (Å²) < 4.78 is 33.3. The Labute approximate surface area is 340 Å². The molecule has 3 unspecified atom stereocenters. The number of esters is 1. The first kappa shape index (κ1) is 53.4. The summed E-state index contributed by atoms with van der Waals surface area (Å²) >= 11 is 0. The highest BCUT2D eigenvalue weighted by Crippen LogP contribution is 2.43. The van der Waals surface area contributed by atoms with Crippen LogP contribution in [-0.4, -0.2) is 60.5 Å². The van der Waals surface area contributed by atoms with Gasteiger partial charge in [0.25, 0.3) is 0 Å². The maximum absolute atomic E-state index is 12.6. The van der Waals surface area contributed by atoms with Gasteiger partial charge in [-0.15, -0.1) is 0 Å². The summed E-state index contributed by atoms with van der Waals surface area (Å²) in [5, 5.41) is 8.89. The molecule has 10 nitrogen and oxygen atoms in total. The van der Waals surface area contributed by atoms with E-state index in [9.17, 15) is 19.0 Å². The number of phosphoric acid groups is 1. The Morgan fingerprint density at radius 3 is 1.55 bits per heavy atom. The van der Waals surface area contributed by atoms with E-state index in [1.807, 2.05) is 0 Å². The number of carboxylic acids is 1. The van der Waals surface area contributed by atoms with Gasteiger partial charge in [0, 0.05) is 13.0 Å². The van der Waals surface area contributed by atoms with Crippen LogP contribution < -0.4 is 5.73 Å². The highest BCUT2D eigenvalue weighted by Gasteiger charge is 2.27. The summed E-state index contributed by atoms with van der Waals surface area (Å²) in [6, 6.07) is -1.48. The number of carbonyl (C=O) groups is 2. The normalized spacial score (nSPS) is 14.6. The van der Waals surface area contributed by atoms with Crippen molar-refractivity contribution in [3.8, 4) is 0 Å². The van der Waals surface area contributed by atoms with Crippen molar-refractivity contribution in [3.63, 3.8) is 0 Å². The van der Waals surface area contributed by atoms with Crippen LogP contribution in [0.1, 0.15) is 162 Å². The van der Waals surface area contributed by atoms with Gasteiger partial charge in [-0.05, 0) is 83.5 Å². The number of ether oxygens (including phenoxy) is 2. The fourth-order valence-corrected chi connectivity index (χ4v) is 6.17. The lowest BCUT2D eigenvalue weighted by Gasteiger charge is -2.20. The minimum absolute atomic E-state index is 0.00434. The Kier molecular flexibility index (Phi) is 38.7. The summed E-state index contributed by atoms with van der Waals surface area (Å²) in [5.74, 6) is -1.81. The van der Waals surface area contributed by atoms with Crippen molar-refractivity contribution >= 4 is 19.8 Å². The van der Waals surface area contributed by atoms with Crippen LogP contribution >= 0.6 is 7.82 Å². The van der Waals surface area contributed by atoms with Gasteiger partial charge in [-0.3, -0.25) is 18.6 Å². The smallest absolute Gasteiger partial charge is 0.472 e. The van der Waals surface area contributed by atoms with Crippen molar-refractivity contribution in [3.05, 3.63) is 72.9 Å². The highest BCUT2D eigenvalue weighted by atomic mass is 31.2. The van der Waals surface area contributed by atoms with E-state index < -0.39 is 45.1 Å². The lowest BCUT2D eigenvalue weighted by atomic mass is 10.1. The third-order valence-electron chi connectivity index (χ3n) is 8.72. The molecule has 0 amide bonds. The van der Waals surface area contributed by atoms with Crippen LogP contribution in [-0.2, 0) is 32.7 Å². The zero-order chi connectivity index (χ0) is 41.2. The molecule has 56 heavy (non-hydrogen) atoms. The van der Waals surface area contributed by atoms with Crippen LogP contribution in [0.15, 0.2) is 72.9 Å². The fourth-order valence-electron chi connectivity index (χ4n) is 5.39. The van der Waals surface area contributed by atoms with Crippen molar-refractivity contribution in [1.29, 1.82) is 0 Å². The molecule has 3 atom stereocenters. The number of carboxylic acid groups (broad SMARTS) is 1. The van der Waals surface area contributed by atoms with Gasteiger partial charge in [0.1, 0.15) is 12.1 Å². The van der Waals surface area contributed by atoms with Gasteiger partial charge in [0.15, 0.2) is 0 Å². The number of aliphatic carboxylic acids is 1. The molecule has 0 bridgehead atoms. The number of nitrogens with two attached hydrogens (primary N) is 1. The third kappa shape index (κ3) is 39.6. The number of rotatable bonds is 40. The largest absolute Gasteiger partial charge is 0.480 e. The molecule has 0 aliphatic rings. The predicted octanol–water partition coefficient (Wildman–Crippen LogP) is 11.8. The van der Waals surface area contributed by atoms with E-state index in [4.69, 9.17) is 29.4 Å². The van der Waals surface area contributed by atoms with Gasteiger partial charge >= 0.3 is 19.8 Å². The quantitative estimate of drug-likeness (QED) is 0.0236. The minimum atomic E-state index is -4.63.